The summed E-state index contributed by atoms with van der Waals surface area (Å²) in [6.07, 6.45) is 3.35. The topological polar surface area (TPSA) is 51.2 Å². The quantitative estimate of drug-likeness (QED) is 0.942. The van der Waals surface area contributed by atoms with Gasteiger partial charge in [0.25, 0.3) is 5.91 Å². The predicted octanol–water partition coefficient (Wildman–Crippen LogP) is 3.32. The van der Waals surface area contributed by atoms with Crippen LogP contribution < -0.4 is 10.1 Å². The number of methoxy groups -OCH3 is 1. The molecule has 0 aliphatic carbocycles. The summed E-state index contributed by atoms with van der Waals surface area (Å²) in [6, 6.07) is 9.58. The van der Waals surface area contributed by atoms with Gasteiger partial charge in [0.2, 0.25) is 0 Å². The summed E-state index contributed by atoms with van der Waals surface area (Å²) in [4.78, 5) is 16.2. The fourth-order valence-corrected chi connectivity index (χ4v) is 2.08. The van der Waals surface area contributed by atoms with Crippen molar-refractivity contribution in [2.24, 2.45) is 0 Å². The third-order valence-electron chi connectivity index (χ3n) is 3.47. The Morgan fingerprint density at radius 3 is 2.45 bits per heavy atom. The predicted molar refractivity (Wildman–Crippen MR) is 87.1 cm³/mol. The molecule has 1 heterocycles. The Labute approximate surface area is 131 Å². The summed E-state index contributed by atoms with van der Waals surface area (Å²) in [5.74, 6) is 0.588. The Morgan fingerprint density at radius 1 is 1.18 bits per heavy atom. The lowest BCUT2D eigenvalue weighted by Gasteiger charge is -2.19. The SMILES string of the molecule is COc1cncc(CNC(=O)c2ccc(C(C)(C)C)cc2)c1. The van der Waals surface area contributed by atoms with E-state index in [1.807, 2.05) is 30.3 Å². The number of pyridine rings is 1. The van der Waals surface area contributed by atoms with E-state index in [-0.39, 0.29) is 11.3 Å². The van der Waals surface area contributed by atoms with E-state index in [1.54, 1.807) is 19.5 Å². The molecule has 22 heavy (non-hydrogen) atoms. The van der Waals surface area contributed by atoms with Crippen LogP contribution in [0.15, 0.2) is 42.7 Å². The second kappa shape index (κ2) is 6.60. The molecule has 0 aliphatic rings. The van der Waals surface area contributed by atoms with E-state index < -0.39 is 0 Å². The maximum atomic E-state index is 12.2. The summed E-state index contributed by atoms with van der Waals surface area (Å²) in [5.41, 5.74) is 2.85. The van der Waals surface area contributed by atoms with Gasteiger partial charge in [0, 0.05) is 18.3 Å². The molecule has 1 N–H and O–H groups in total. The molecule has 2 aromatic rings. The number of hydrogen-bond acceptors (Lipinski definition) is 3. The smallest absolute Gasteiger partial charge is 0.251 e. The van der Waals surface area contributed by atoms with Crippen LogP contribution in [0.2, 0.25) is 0 Å². The zero-order valence-electron chi connectivity index (χ0n) is 13.5. The standard InChI is InChI=1S/C18H22N2O2/c1-18(2,3)15-7-5-14(6-8-15)17(21)20-11-13-9-16(22-4)12-19-10-13/h5-10,12H,11H2,1-4H3,(H,20,21). The number of nitrogens with one attached hydrogen (secondary N) is 1. The van der Waals surface area contributed by atoms with Gasteiger partial charge in [-0.25, -0.2) is 0 Å². The molecular formula is C18H22N2O2. The molecule has 0 bridgehead atoms. The van der Waals surface area contributed by atoms with Gasteiger partial charge < -0.3 is 10.1 Å². The molecule has 2 rings (SSSR count). The van der Waals surface area contributed by atoms with Crippen molar-refractivity contribution in [3.63, 3.8) is 0 Å². The van der Waals surface area contributed by atoms with E-state index in [2.05, 4.69) is 31.1 Å². The molecule has 0 saturated carbocycles. The normalized spacial score (nSPS) is 11.1. The maximum absolute atomic E-state index is 12.2. The molecule has 0 radical (unpaired) electrons. The Hall–Kier alpha value is -2.36. The van der Waals surface area contributed by atoms with E-state index >= 15 is 0 Å². The number of amides is 1. The highest BCUT2D eigenvalue weighted by Crippen LogP contribution is 2.22. The van der Waals surface area contributed by atoms with Gasteiger partial charge >= 0.3 is 0 Å². The zero-order chi connectivity index (χ0) is 16.2. The van der Waals surface area contributed by atoms with Gasteiger partial charge in [0.05, 0.1) is 13.3 Å². The summed E-state index contributed by atoms with van der Waals surface area (Å²) in [7, 11) is 1.59. The van der Waals surface area contributed by atoms with Crippen LogP contribution in [0.5, 0.6) is 5.75 Å². The first-order valence-electron chi connectivity index (χ1n) is 7.27. The third kappa shape index (κ3) is 4.07. The average molecular weight is 298 g/mol. The monoisotopic (exact) mass is 298 g/mol. The third-order valence-corrected chi connectivity index (χ3v) is 3.47. The highest BCUT2D eigenvalue weighted by molar-refractivity contribution is 5.94. The molecular weight excluding hydrogens is 276 g/mol. The molecule has 116 valence electrons. The largest absolute Gasteiger partial charge is 0.495 e. The van der Waals surface area contributed by atoms with Crippen LogP contribution >= 0.6 is 0 Å². The van der Waals surface area contributed by atoms with E-state index in [0.29, 0.717) is 17.9 Å². The number of hydrogen-bond donors (Lipinski definition) is 1. The van der Waals surface area contributed by atoms with Crippen molar-refractivity contribution < 1.29 is 9.53 Å². The van der Waals surface area contributed by atoms with Crippen molar-refractivity contribution in [2.45, 2.75) is 32.7 Å². The fourth-order valence-electron chi connectivity index (χ4n) is 2.08. The Morgan fingerprint density at radius 2 is 1.86 bits per heavy atom. The molecule has 1 aromatic carbocycles. The fraction of sp³-hybridized carbons (Fsp3) is 0.333. The van der Waals surface area contributed by atoms with Crippen LogP contribution in [0, 0.1) is 0 Å². The molecule has 1 aromatic heterocycles. The highest BCUT2D eigenvalue weighted by atomic mass is 16.5. The van der Waals surface area contributed by atoms with Crippen LogP contribution in [-0.4, -0.2) is 18.0 Å². The minimum atomic E-state index is -0.0942. The summed E-state index contributed by atoms with van der Waals surface area (Å²) in [6.45, 7) is 6.87. The summed E-state index contributed by atoms with van der Waals surface area (Å²) < 4.78 is 5.12. The van der Waals surface area contributed by atoms with Crippen LogP contribution in [0.25, 0.3) is 0 Å². The van der Waals surface area contributed by atoms with E-state index in [1.165, 1.54) is 5.56 Å². The van der Waals surface area contributed by atoms with Gasteiger partial charge in [0.15, 0.2) is 0 Å². The Balaban J connectivity index is 2.00. The van der Waals surface area contributed by atoms with Crippen molar-refractivity contribution in [1.82, 2.24) is 10.3 Å². The first-order valence-corrected chi connectivity index (χ1v) is 7.27. The van der Waals surface area contributed by atoms with E-state index in [0.717, 1.165) is 5.56 Å². The number of nitrogens with zero attached hydrogens (tertiary/aromatic N) is 1. The Bertz CT molecular complexity index is 643. The van der Waals surface area contributed by atoms with Gasteiger partial charge in [-0.3, -0.25) is 9.78 Å². The minimum Gasteiger partial charge on any atom is -0.495 e. The van der Waals surface area contributed by atoms with E-state index in [4.69, 9.17) is 4.74 Å². The van der Waals surface area contributed by atoms with Gasteiger partial charge in [-0.05, 0) is 34.7 Å². The molecule has 1 amide bonds. The highest BCUT2D eigenvalue weighted by Gasteiger charge is 2.14. The van der Waals surface area contributed by atoms with Crippen molar-refractivity contribution in [3.8, 4) is 5.75 Å². The Kier molecular flexibility index (Phi) is 4.81. The lowest BCUT2D eigenvalue weighted by Crippen LogP contribution is -2.23. The number of ether oxygens (including phenoxy) is 1. The van der Waals surface area contributed by atoms with Crippen LogP contribution in [0.3, 0.4) is 0 Å². The number of carbonyl (C=O) groups excluding carboxylic acids is 1. The minimum absolute atomic E-state index is 0.0846. The van der Waals surface area contributed by atoms with Gasteiger partial charge in [-0.2, -0.15) is 0 Å². The van der Waals surface area contributed by atoms with Crippen LogP contribution in [-0.2, 0) is 12.0 Å². The summed E-state index contributed by atoms with van der Waals surface area (Å²) >= 11 is 0. The van der Waals surface area contributed by atoms with Gasteiger partial charge in [-0.1, -0.05) is 32.9 Å². The molecule has 0 fully saturated rings. The molecule has 0 aliphatic heterocycles. The molecule has 0 atom stereocenters. The average Bonchev–Trinajstić information content (AvgIpc) is 2.52. The van der Waals surface area contributed by atoms with Gasteiger partial charge in [-0.15, -0.1) is 0 Å². The van der Waals surface area contributed by atoms with Crippen LogP contribution in [0.4, 0.5) is 0 Å². The van der Waals surface area contributed by atoms with Crippen molar-refractivity contribution in [3.05, 3.63) is 59.4 Å². The molecule has 4 nitrogen and oxygen atoms in total. The summed E-state index contributed by atoms with van der Waals surface area (Å²) in [5, 5.41) is 2.89. The maximum Gasteiger partial charge on any atom is 0.251 e. The van der Waals surface area contributed by atoms with Crippen LogP contribution in [0.1, 0.15) is 42.3 Å². The number of rotatable bonds is 4. The lowest BCUT2D eigenvalue weighted by atomic mass is 9.87. The van der Waals surface area contributed by atoms with Crippen molar-refractivity contribution in [1.29, 1.82) is 0 Å². The van der Waals surface area contributed by atoms with Crippen molar-refractivity contribution >= 4 is 5.91 Å². The number of benzene rings is 1. The molecule has 4 heteroatoms. The molecule has 0 unspecified atom stereocenters. The second-order valence-electron chi connectivity index (χ2n) is 6.24. The van der Waals surface area contributed by atoms with Crippen molar-refractivity contribution in [2.75, 3.05) is 7.11 Å². The lowest BCUT2D eigenvalue weighted by molar-refractivity contribution is 0.0951. The van der Waals surface area contributed by atoms with E-state index in [9.17, 15) is 4.79 Å². The molecule has 0 spiro atoms. The molecule has 0 saturated heterocycles. The zero-order valence-corrected chi connectivity index (χ0v) is 13.5. The second-order valence-corrected chi connectivity index (χ2v) is 6.24. The first kappa shape index (κ1) is 16.0. The first-order chi connectivity index (χ1) is 10.4. The van der Waals surface area contributed by atoms with Gasteiger partial charge in [0.1, 0.15) is 5.75 Å². The number of carbonyl (C=O) groups is 1. The number of aromatic nitrogens is 1.